The molecule has 0 aromatic rings. The van der Waals surface area contributed by atoms with E-state index in [0.29, 0.717) is 0 Å². The molecule has 0 aliphatic rings. The highest BCUT2D eigenvalue weighted by molar-refractivity contribution is 5.85. The monoisotopic (exact) mass is 180 g/mol. The second kappa shape index (κ2) is 12.8. The van der Waals surface area contributed by atoms with Gasteiger partial charge in [0.2, 0.25) is 0 Å². The van der Waals surface area contributed by atoms with Crippen molar-refractivity contribution >= 4 is 12.4 Å². The summed E-state index contributed by atoms with van der Waals surface area (Å²) in [6.45, 7) is 6.60. The van der Waals surface area contributed by atoms with Crippen molar-refractivity contribution in [3.63, 3.8) is 0 Å². The highest BCUT2D eigenvalue weighted by Gasteiger charge is 1.83. The van der Waals surface area contributed by atoms with Crippen molar-refractivity contribution in [3.8, 4) is 0 Å². The zero-order valence-corrected chi connectivity index (χ0v) is 8.47. The van der Waals surface area contributed by atoms with Gasteiger partial charge in [-0.25, -0.2) is 0 Å². The Labute approximate surface area is 76.5 Å². The molecule has 0 aromatic carbocycles. The fraction of sp³-hybridized carbons (Fsp3) is 1.00. The molecule has 70 valence electrons. The first-order chi connectivity index (χ1) is 4.91. The molecule has 0 saturated heterocycles. The molecule has 0 bridgehead atoms. The van der Waals surface area contributed by atoms with Crippen LogP contribution in [0.25, 0.3) is 0 Å². The Morgan fingerprint density at radius 3 is 1.45 bits per heavy atom. The summed E-state index contributed by atoms with van der Waals surface area (Å²) in [5.41, 5.74) is 6.34. The van der Waals surface area contributed by atoms with Crippen LogP contribution in [-0.2, 0) is 0 Å². The molecule has 2 nitrogen and oxygen atoms in total. The van der Waals surface area contributed by atoms with Crippen LogP contribution in [0.15, 0.2) is 0 Å². The van der Waals surface area contributed by atoms with Crippen molar-refractivity contribution < 1.29 is 0 Å². The molecule has 0 spiro atoms. The summed E-state index contributed by atoms with van der Waals surface area (Å²) in [7, 11) is 0. The first-order valence-electron chi connectivity index (χ1n) is 4.37. The Morgan fingerprint density at radius 2 is 1.18 bits per heavy atom. The van der Waals surface area contributed by atoms with Crippen LogP contribution in [-0.4, -0.2) is 13.1 Å². The summed E-state index contributed by atoms with van der Waals surface area (Å²) in [5, 5.41) is 0. The van der Waals surface area contributed by atoms with Crippen LogP contribution in [0.2, 0.25) is 0 Å². The van der Waals surface area contributed by atoms with Gasteiger partial charge in [-0.1, -0.05) is 26.7 Å². The fourth-order valence-corrected chi connectivity index (χ4v) is 0.707. The van der Waals surface area contributed by atoms with E-state index in [-0.39, 0.29) is 12.4 Å². The van der Waals surface area contributed by atoms with Gasteiger partial charge in [0.15, 0.2) is 0 Å². The standard InChI is InChI=1S/C8H20N2.ClH/c1-3-5-7-9-10-8-6-4-2;/h9-10H,3-8H2,1-2H3;1H. The predicted molar refractivity (Wildman–Crippen MR) is 53.1 cm³/mol. The number of nitrogens with one attached hydrogen (secondary N) is 2. The summed E-state index contributed by atoms with van der Waals surface area (Å²) >= 11 is 0. The molecule has 0 saturated carbocycles. The molecule has 0 fully saturated rings. The highest BCUT2D eigenvalue weighted by atomic mass is 35.5. The van der Waals surface area contributed by atoms with Gasteiger partial charge < -0.3 is 0 Å². The zero-order valence-electron chi connectivity index (χ0n) is 7.65. The van der Waals surface area contributed by atoms with Crippen molar-refractivity contribution in [1.29, 1.82) is 0 Å². The molecule has 2 N–H and O–H groups in total. The van der Waals surface area contributed by atoms with Crippen molar-refractivity contribution in [1.82, 2.24) is 10.9 Å². The van der Waals surface area contributed by atoms with Crippen LogP contribution >= 0.6 is 12.4 Å². The number of hydrazine groups is 1. The number of unbranched alkanes of at least 4 members (excludes halogenated alkanes) is 2. The van der Waals surface area contributed by atoms with E-state index in [9.17, 15) is 0 Å². The van der Waals surface area contributed by atoms with E-state index >= 15 is 0 Å². The van der Waals surface area contributed by atoms with Crippen LogP contribution in [0.5, 0.6) is 0 Å². The summed E-state index contributed by atoms with van der Waals surface area (Å²) < 4.78 is 0. The molecule has 11 heavy (non-hydrogen) atoms. The normalized spacial score (nSPS) is 9.27. The van der Waals surface area contributed by atoms with Gasteiger partial charge in [0.25, 0.3) is 0 Å². The Kier molecular flexibility index (Phi) is 16.1. The Balaban J connectivity index is 0. The molecular weight excluding hydrogens is 160 g/mol. The zero-order chi connectivity index (χ0) is 7.66. The molecule has 0 heterocycles. The molecule has 0 radical (unpaired) electrons. The maximum absolute atomic E-state index is 3.17. The average molecular weight is 181 g/mol. The smallest absolute Gasteiger partial charge is 0.00996 e. The number of hydrogen-bond donors (Lipinski definition) is 2. The lowest BCUT2D eigenvalue weighted by atomic mass is 10.3. The van der Waals surface area contributed by atoms with Crippen molar-refractivity contribution in [2.75, 3.05) is 13.1 Å². The van der Waals surface area contributed by atoms with Gasteiger partial charge in [-0.05, 0) is 12.8 Å². The highest BCUT2D eigenvalue weighted by Crippen LogP contribution is 1.82. The quantitative estimate of drug-likeness (QED) is 0.463. The van der Waals surface area contributed by atoms with Crippen LogP contribution in [0.4, 0.5) is 0 Å². The minimum atomic E-state index is 0. The second-order valence-corrected chi connectivity index (χ2v) is 2.56. The Bertz CT molecular complexity index is 52.1. The molecule has 0 unspecified atom stereocenters. The minimum absolute atomic E-state index is 0. The molecule has 0 rings (SSSR count). The molecular formula is C8H21ClN2. The Hall–Kier alpha value is 0.210. The third-order valence-corrected chi connectivity index (χ3v) is 1.44. The topological polar surface area (TPSA) is 24.1 Å². The number of halogens is 1. The lowest BCUT2D eigenvalue weighted by Crippen LogP contribution is -2.33. The molecule has 3 heteroatoms. The van der Waals surface area contributed by atoms with Gasteiger partial charge >= 0.3 is 0 Å². The summed E-state index contributed by atoms with van der Waals surface area (Å²) in [6, 6.07) is 0. The summed E-state index contributed by atoms with van der Waals surface area (Å²) in [4.78, 5) is 0. The van der Waals surface area contributed by atoms with E-state index in [1.54, 1.807) is 0 Å². The van der Waals surface area contributed by atoms with Crippen LogP contribution < -0.4 is 10.9 Å². The van der Waals surface area contributed by atoms with E-state index in [1.807, 2.05) is 0 Å². The Morgan fingerprint density at radius 1 is 0.818 bits per heavy atom. The van der Waals surface area contributed by atoms with E-state index < -0.39 is 0 Å². The molecule has 0 aromatic heterocycles. The minimum Gasteiger partial charge on any atom is -0.258 e. The third kappa shape index (κ3) is 13.2. The van der Waals surface area contributed by atoms with Gasteiger partial charge in [0.1, 0.15) is 0 Å². The largest absolute Gasteiger partial charge is 0.258 e. The van der Waals surface area contributed by atoms with E-state index in [2.05, 4.69) is 24.7 Å². The van der Waals surface area contributed by atoms with Crippen molar-refractivity contribution in [3.05, 3.63) is 0 Å². The van der Waals surface area contributed by atoms with Gasteiger partial charge in [-0.3, -0.25) is 10.9 Å². The van der Waals surface area contributed by atoms with Crippen LogP contribution in [0.1, 0.15) is 39.5 Å². The maximum Gasteiger partial charge on any atom is 0.00996 e. The van der Waals surface area contributed by atoms with Gasteiger partial charge in [0, 0.05) is 13.1 Å². The van der Waals surface area contributed by atoms with Gasteiger partial charge in [-0.2, -0.15) is 0 Å². The van der Waals surface area contributed by atoms with E-state index in [0.717, 1.165) is 13.1 Å². The summed E-state index contributed by atoms with van der Waals surface area (Å²) in [5.74, 6) is 0. The van der Waals surface area contributed by atoms with Crippen molar-refractivity contribution in [2.45, 2.75) is 39.5 Å². The third-order valence-electron chi connectivity index (χ3n) is 1.44. The summed E-state index contributed by atoms with van der Waals surface area (Å²) in [6.07, 6.45) is 5.06. The second-order valence-electron chi connectivity index (χ2n) is 2.56. The first kappa shape index (κ1) is 13.8. The SMILES string of the molecule is CCCCNNCCCC.Cl. The molecule has 0 aliphatic heterocycles. The number of hydrogen-bond acceptors (Lipinski definition) is 2. The number of rotatable bonds is 7. The lowest BCUT2D eigenvalue weighted by Gasteiger charge is -2.03. The average Bonchev–Trinajstić information content (AvgIpc) is 1.97. The van der Waals surface area contributed by atoms with E-state index in [4.69, 9.17) is 0 Å². The van der Waals surface area contributed by atoms with E-state index in [1.165, 1.54) is 25.7 Å². The van der Waals surface area contributed by atoms with Crippen LogP contribution in [0, 0.1) is 0 Å². The molecule has 0 atom stereocenters. The molecule has 0 aliphatic carbocycles. The van der Waals surface area contributed by atoms with Gasteiger partial charge in [-0.15, -0.1) is 12.4 Å². The molecule has 0 amide bonds. The first-order valence-corrected chi connectivity index (χ1v) is 4.37. The lowest BCUT2D eigenvalue weighted by molar-refractivity contribution is 0.506. The fourth-order valence-electron chi connectivity index (χ4n) is 0.707. The van der Waals surface area contributed by atoms with Crippen LogP contribution in [0.3, 0.4) is 0 Å². The van der Waals surface area contributed by atoms with Gasteiger partial charge in [0.05, 0.1) is 0 Å². The predicted octanol–water partition coefficient (Wildman–Crippen LogP) is 2.10. The maximum atomic E-state index is 3.17. The van der Waals surface area contributed by atoms with Crippen molar-refractivity contribution in [2.24, 2.45) is 0 Å².